The molecule has 1 N–H and O–H groups in total. The number of carboxylic acids is 1. The van der Waals surface area contributed by atoms with Crippen molar-refractivity contribution in [3.63, 3.8) is 0 Å². The van der Waals surface area contributed by atoms with Crippen molar-refractivity contribution >= 4 is 11.9 Å². The van der Waals surface area contributed by atoms with E-state index in [9.17, 15) is 35.9 Å². The third-order valence-electron chi connectivity index (χ3n) is 5.04. The highest BCUT2D eigenvalue weighted by atomic mass is 19.4. The number of aromatic nitrogens is 2. The smallest absolute Gasteiger partial charge is 0.426 e. The molecule has 0 saturated heterocycles. The number of rotatable bonds is 8. The predicted octanol–water partition coefficient (Wildman–Crippen LogP) is 4.22. The summed E-state index contributed by atoms with van der Waals surface area (Å²) in [7, 11) is 0. The Kier molecular flexibility index (Phi) is 6.27. The zero-order valence-electron chi connectivity index (χ0n) is 16.7. The van der Waals surface area contributed by atoms with Crippen LogP contribution in [0.1, 0.15) is 42.1 Å². The molecule has 1 aliphatic carbocycles. The fourth-order valence-corrected chi connectivity index (χ4v) is 3.12. The van der Waals surface area contributed by atoms with Gasteiger partial charge in [-0.05, 0) is 30.5 Å². The second-order valence-corrected chi connectivity index (χ2v) is 7.48. The Morgan fingerprint density at radius 1 is 1.15 bits per heavy atom. The molecule has 1 heterocycles. The number of alkyl halides is 6. The van der Waals surface area contributed by atoms with Gasteiger partial charge in [0.25, 0.3) is 0 Å². The first kappa shape index (κ1) is 24.3. The van der Waals surface area contributed by atoms with Crippen LogP contribution >= 0.6 is 0 Å². The lowest BCUT2D eigenvalue weighted by molar-refractivity contribution is -0.222. The Labute approximate surface area is 182 Å². The zero-order valence-corrected chi connectivity index (χ0v) is 16.7. The minimum absolute atomic E-state index is 0.150. The second kappa shape index (κ2) is 8.52. The van der Waals surface area contributed by atoms with Crippen LogP contribution in [0.2, 0.25) is 0 Å². The third-order valence-corrected chi connectivity index (χ3v) is 5.04. The van der Waals surface area contributed by atoms with Gasteiger partial charge in [0.2, 0.25) is 12.0 Å². The van der Waals surface area contributed by atoms with E-state index < -0.39 is 59.8 Å². The maximum atomic E-state index is 12.9. The largest absolute Gasteiger partial charge is 0.481 e. The quantitative estimate of drug-likeness (QED) is 0.344. The fourth-order valence-electron chi connectivity index (χ4n) is 3.12. The van der Waals surface area contributed by atoms with E-state index in [0.717, 1.165) is 12.1 Å². The molecule has 0 spiro atoms. The lowest BCUT2D eigenvalue weighted by Gasteiger charge is -2.19. The summed E-state index contributed by atoms with van der Waals surface area (Å²) in [6.45, 7) is 3.32. The summed E-state index contributed by atoms with van der Waals surface area (Å²) >= 11 is 0. The van der Waals surface area contributed by atoms with Crippen LogP contribution in [0.4, 0.5) is 26.3 Å². The van der Waals surface area contributed by atoms with Gasteiger partial charge in [0.05, 0.1) is 23.8 Å². The molecular formula is C20H16F6N2O5. The Morgan fingerprint density at radius 3 is 2.24 bits per heavy atom. The van der Waals surface area contributed by atoms with Crippen LogP contribution in [0.3, 0.4) is 0 Å². The van der Waals surface area contributed by atoms with Gasteiger partial charge in [0, 0.05) is 5.57 Å². The van der Waals surface area contributed by atoms with Gasteiger partial charge in [-0.3, -0.25) is 4.79 Å². The molecule has 0 radical (unpaired) electrons. The Morgan fingerprint density at radius 2 is 1.76 bits per heavy atom. The molecule has 1 atom stereocenters. The first-order valence-corrected chi connectivity index (χ1v) is 9.40. The van der Waals surface area contributed by atoms with E-state index in [1.54, 1.807) is 0 Å². The summed E-state index contributed by atoms with van der Waals surface area (Å²) < 4.78 is 86.1. The molecule has 0 unspecified atom stereocenters. The molecule has 33 heavy (non-hydrogen) atoms. The highest BCUT2D eigenvalue weighted by molar-refractivity contribution is 5.88. The number of hydrogen-bond acceptors (Lipinski definition) is 6. The number of halogens is 6. The van der Waals surface area contributed by atoms with E-state index in [1.165, 1.54) is 12.1 Å². The first-order valence-electron chi connectivity index (χ1n) is 9.40. The van der Waals surface area contributed by atoms with Crippen LogP contribution < -0.4 is 0 Å². The van der Waals surface area contributed by atoms with Crippen LogP contribution in [0.25, 0.3) is 0 Å². The van der Waals surface area contributed by atoms with Gasteiger partial charge in [0.15, 0.2) is 5.82 Å². The van der Waals surface area contributed by atoms with E-state index in [0.29, 0.717) is 18.4 Å². The van der Waals surface area contributed by atoms with Gasteiger partial charge >= 0.3 is 24.3 Å². The van der Waals surface area contributed by atoms with Crippen LogP contribution in [0, 0.1) is 0 Å². The maximum Gasteiger partial charge on any atom is 0.426 e. The number of nitrogens with zero attached hydrogens (tertiary/aromatic N) is 2. The van der Waals surface area contributed by atoms with Gasteiger partial charge in [-0.1, -0.05) is 23.9 Å². The Hall–Kier alpha value is -3.38. The molecule has 0 bridgehead atoms. The number of carbonyl (C=O) groups excluding carboxylic acids is 1. The summed E-state index contributed by atoms with van der Waals surface area (Å²) in [6.07, 6.45) is -13.3. The van der Waals surface area contributed by atoms with Crippen molar-refractivity contribution in [3.05, 3.63) is 59.3 Å². The van der Waals surface area contributed by atoms with Crippen molar-refractivity contribution < 1.29 is 50.3 Å². The summed E-state index contributed by atoms with van der Waals surface area (Å²) in [4.78, 5) is 26.6. The minimum atomic E-state index is -5.09. The summed E-state index contributed by atoms with van der Waals surface area (Å²) in [5, 5.41) is 12.4. The van der Waals surface area contributed by atoms with Crippen molar-refractivity contribution in [1.82, 2.24) is 10.1 Å². The number of ether oxygens (including phenoxy) is 1. The van der Waals surface area contributed by atoms with Crippen molar-refractivity contribution in [3.8, 4) is 0 Å². The van der Waals surface area contributed by atoms with Crippen LogP contribution in [0.5, 0.6) is 0 Å². The van der Waals surface area contributed by atoms with E-state index in [1.807, 2.05) is 0 Å². The molecule has 3 rings (SSSR count). The Bertz CT molecular complexity index is 1050. The van der Waals surface area contributed by atoms with E-state index in [2.05, 4.69) is 21.5 Å². The van der Waals surface area contributed by atoms with Crippen molar-refractivity contribution in [2.75, 3.05) is 0 Å². The van der Waals surface area contributed by atoms with E-state index in [4.69, 9.17) is 9.63 Å². The second-order valence-electron chi connectivity index (χ2n) is 7.48. The number of hydrogen-bond donors (Lipinski definition) is 1. The molecule has 0 aliphatic heterocycles. The van der Waals surface area contributed by atoms with Crippen LogP contribution in [0.15, 0.2) is 40.9 Å². The summed E-state index contributed by atoms with van der Waals surface area (Å²) in [6, 6.07) is 4.48. The summed E-state index contributed by atoms with van der Waals surface area (Å²) in [5.74, 6) is -3.32. The molecule has 1 aromatic carbocycles. The van der Waals surface area contributed by atoms with Crippen molar-refractivity contribution in [1.29, 1.82) is 0 Å². The van der Waals surface area contributed by atoms with Gasteiger partial charge in [-0.15, -0.1) is 0 Å². The van der Waals surface area contributed by atoms with E-state index in [-0.39, 0.29) is 11.7 Å². The molecule has 1 fully saturated rings. The number of benzene rings is 1. The third kappa shape index (κ3) is 5.52. The average molecular weight is 478 g/mol. The number of esters is 1. The number of aliphatic carboxylic acids is 1. The molecule has 0 amide bonds. The zero-order chi connectivity index (χ0) is 24.6. The standard InChI is InChI=1S/C20H16F6N2O5/c1-10(16(31)32-13(9-15(29)30)20(24,25)26)8-14-27-17(28-33-14)18(6-7-18)11-2-4-12(5-3-11)19(21,22)23/h2-5,13H,1,6-9H2,(H,29,30)/t13-/m1/s1. The maximum absolute atomic E-state index is 12.9. The normalized spacial score (nSPS) is 16.2. The van der Waals surface area contributed by atoms with Gasteiger partial charge < -0.3 is 14.4 Å². The van der Waals surface area contributed by atoms with Gasteiger partial charge in [-0.25, -0.2) is 4.79 Å². The monoisotopic (exact) mass is 478 g/mol. The van der Waals surface area contributed by atoms with Gasteiger partial charge in [0.1, 0.15) is 0 Å². The molecule has 7 nitrogen and oxygen atoms in total. The predicted molar refractivity (Wildman–Crippen MR) is 96.8 cm³/mol. The molecule has 178 valence electrons. The van der Waals surface area contributed by atoms with Crippen molar-refractivity contribution in [2.24, 2.45) is 0 Å². The minimum Gasteiger partial charge on any atom is -0.481 e. The van der Waals surface area contributed by atoms with Crippen molar-refractivity contribution in [2.45, 2.75) is 49.6 Å². The fraction of sp³-hybridized carbons (Fsp3) is 0.400. The molecule has 1 aliphatic rings. The van der Waals surface area contributed by atoms with Crippen LogP contribution in [-0.2, 0) is 32.3 Å². The number of carbonyl (C=O) groups is 2. The summed E-state index contributed by atoms with van der Waals surface area (Å²) in [5.41, 5.74) is -1.53. The van der Waals surface area contributed by atoms with E-state index >= 15 is 0 Å². The lowest BCUT2D eigenvalue weighted by atomic mass is 9.94. The molecule has 13 heteroatoms. The molecule has 2 aromatic rings. The number of carboxylic acid groups (broad SMARTS) is 1. The SMILES string of the molecule is C=C(Cc1nc(C2(c3ccc(C(F)(F)F)cc3)CC2)no1)C(=O)O[C@H](CC(=O)O)C(F)(F)F. The molecular weight excluding hydrogens is 462 g/mol. The highest BCUT2D eigenvalue weighted by Crippen LogP contribution is 2.52. The lowest BCUT2D eigenvalue weighted by Crippen LogP contribution is -2.36. The average Bonchev–Trinajstić information content (AvgIpc) is 3.38. The highest BCUT2D eigenvalue weighted by Gasteiger charge is 2.50. The van der Waals surface area contributed by atoms with Crippen LogP contribution in [-0.4, -0.2) is 39.5 Å². The first-order chi connectivity index (χ1) is 15.2. The van der Waals surface area contributed by atoms with Gasteiger partial charge in [-0.2, -0.15) is 31.3 Å². The molecule has 1 saturated carbocycles. The topological polar surface area (TPSA) is 103 Å². The Balaban J connectivity index is 1.68. The molecule has 1 aromatic heterocycles.